The second kappa shape index (κ2) is 7.36. The summed E-state index contributed by atoms with van der Waals surface area (Å²) < 4.78 is 24.3. The highest BCUT2D eigenvalue weighted by atomic mass is 16.7. The van der Waals surface area contributed by atoms with Crippen molar-refractivity contribution in [2.75, 3.05) is 6.61 Å². The third kappa shape index (κ3) is 2.89. The molecular weight excluding hydrogens is 492 g/mol. The second-order valence-corrected chi connectivity index (χ2v) is 13.5. The van der Waals surface area contributed by atoms with Crippen LogP contribution in [0, 0.1) is 35.0 Å². The molecule has 4 saturated heterocycles. The van der Waals surface area contributed by atoms with Crippen LogP contribution in [0.25, 0.3) is 0 Å². The number of carbonyl (C=O) groups is 3. The zero-order valence-electron chi connectivity index (χ0n) is 22.3. The van der Waals surface area contributed by atoms with Gasteiger partial charge in [0.2, 0.25) is 5.79 Å². The Morgan fingerprint density at radius 3 is 2.63 bits per heavy atom. The lowest BCUT2D eigenvalue weighted by atomic mass is 9.69. The van der Waals surface area contributed by atoms with Crippen molar-refractivity contribution in [1.82, 2.24) is 0 Å². The summed E-state index contributed by atoms with van der Waals surface area (Å²) in [6.07, 6.45) is 5.81. The Balaban J connectivity index is 1.23. The van der Waals surface area contributed by atoms with Crippen LogP contribution in [0.2, 0.25) is 0 Å². The van der Waals surface area contributed by atoms with Gasteiger partial charge in [0.05, 0.1) is 30.1 Å². The number of carbonyl (C=O) groups excluding carboxylic acids is 3. The number of aliphatic hydroxyl groups is 2. The van der Waals surface area contributed by atoms with Crippen LogP contribution >= 0.6 is 0 Å². The molecule has 0 aromatic carbocycles. The number of ketones is 1. The molecule has 7 rings (SSSR count). The Kier molecular flexibility index (Phi) is 4.83. The van der Waals surface area contributed by atoms with Gasteiger partial charge >= 0.3 is 11.9 Å². The molecule has 38 heavy (non-hydrogen) atoms. The largest absolute Gasteiger partial charge is 0.456 e. The smallest absolute Gasteiger partial charge is 0.339 e. The Morgan fingerprint density at radius 1 is 1.18 bits per heavy atom. The molecule has 2 aliphatic carbocycles. The Hall–Kier alpha value is -2.07. The molecule has 0 radical (unpaired) electrons. The lowest BCUT2D eigenvalue weighted by molar-refractivity contribution is -0.243. The van der Waals surface area contributed by atoms with Crippen molar-refractivity contribution in [3.05, 3.63) is 23.5 Å². The molecule has 0 aromatic rings. The van der Waals surface area contributed by atoms with Gasteiger partial charge in [-0.05, 0) is 68.9 Å². The van der Waals surface area contributed by atoms with Crippen molar-refractivity contribution < 1.29 is 43.5 Å². The first kappa shape index (κ1) is 24.9. The molecule has 0 aromatic heterocycles. The second-order valence-electron chi connectivity index (χ2n) is 13.5. The molecule has 2 bridgehead atoms. The quantitative estimate of drug-likeness (QED) is 0.530. The summed E-state index contributed by atoms with van der Waals surface area (Å²) in [7, 11) is 0. The number of hydrogen-bond donors (Lipinski definition) is 2. The number of aliphatic hydroxyl groups excluding tert-OH is 1. The third-order valence-corrected chi connectivity index (χ3v) is 11.4. The van der Waals surface area contributed by atoms with Crippen molar-refractivity contribution in [3.63, 3.8) is 0 Å². The number of Topliss-reactive ketones (excluding diaryl/α,β-unsaturated/α-hetero) is 1. The maximum atomic E-state index is 14.1. The topological polar surface area (TPSA) is 129 Å². The van der Waals surface area contributed by atoms with E-state index in [4.69, 9.17) is 18.9 Å². The zero-order chi connectivity index (χ0) is 27.0. The Bertz CT molecular complexity index is 1220. The van der Waals surface area contributed by atoms with Crippen LogP contribution in [-0.4, -0.2) is 63.2 Å². The lowest BCUT2D eigenvalue weighted by Gasteiger charge is -2.41. The van der Waals surface area contributed by atoms with Crippen LogP contribution in [0.5, 0.6) is 0 Å². The fourth-order valence-corrected chi connectivity index (χ4v) is 9.71. The lowest BCUT2D eigenvalue weighted by Crippen LogP contribution is -2.52. The van der Waals surface area contributed by atoms with Gasteiger partial charge in [0, 0.05) is 23.8 Å². The van der Waals surface area contributed by atoms with Crippen LogP contribution in [0.4, 0.5) is 0 Å². The maximum absolute atomic E-state index is 14.1. The fraction of sp³-hybridized carbons (Fsp3) is 0.759. The van der Waals surface area contributed by atoms with Crippen LogP contribution < -0.4 is 0 Å². The van der Waals surface area contributed by atoms with Crippen molar-refractivity contribution in [1.29, 1.82) is 0 Å². The van der Waals surface area contributed by atoms with Gasteiger partial charge in [-0.3, -0.25) is 9.59 Å². The average Bonchev–Trinajstić information content (AvgIpc) is 3.06. The number of fused-ring (bicyclic) bond motifs is 3. The molecule has 2 spiro atoms. The van der Waals surface area contributed by atoms with E-state index in [1.165, 1.54) is 0 Å². The van der Waals surface area contributed by atoms with E-state index in [9.17, 15) is 24.6 Å². The van der Waals surface area contributed by atoms with E-state index >= 15 is 0 Å². The molecule has 9 heteroatoms. The third-order valence-electron chi connectivity index (χ3n) is 11.4. The van der Waals surface area contributed by atoms with Gasteiger partial charge in [0.15, 0.2) is 5.78 Å². The predicted molar refractivity (Wildman–Crippen MR) is 130 cm³/mol. The molecule has 2 N–H and O–H groups in total. The summed E-state index contributed by atoms with van der Waals surface area (Å²) in [5.41, 5.74) is -2.61. The van der Waals surface area contributed by atoms with E-state index in [2.05, 4.69) is 6.92 Å². The first-order valence-corrected chi connectivity index (χ1v) is 13.9. The predicted octanol–water partition coefficient (Wildman–Crippen LogP) is 2.33. The molecule has 2 saturated carbocycles. The Morgan fingerprint density at radius 2 is 1.95 bits per heavy atom. The summed E-state index contributed by atoms with van der Waals surface area (Å²) in [5, 5.41) is 22.3. The summed E-state index contributed by atoms with van der Waals surface area (Å²) in [4.78, 5) is 38.4. The number of esters is 2. The van der Waals surface area contributed by atoms with Crippen LogP contribution in [0.1, 0.15) is 66.2 Å². The molecule has 5 aliphatic heterocycles. The summed E-state index contributed by atoms with van der Waals surface area (Å²) in [6, 6.07) is 0. The fourth-order valence-electron chi connectivity index (χ4n) is 9.71. The van der Waals surface area contributed by atoms with Crippen LogP contribution in [0.3, 0.4) is 0 Å². The summed E-state index contributed by atoms with van der Waals surface area (Å²) in [5.74, 6) is -3.63. The number of hydrogen-bond acceptors (Lipinski definition) is 9. The van der Waals surface area contributed by atoms with E-state index in [1.807, 2.05) is 19.9 Å². The SMILES string of the molecule is CC1=C/C(=C/[C@H](C)[C@H]2[C@@H]3[C@@]2(C)CC[C@@]24C[C@@]56OC(=O)C[C@@H]5O[C@](C)(CO)[C@H]6CC[C@H]2C(=O)[C@]3(O)O4)OC1=O. The highest BCUT2D eigenvalue weighted by Crippen LogP contribution is 2.75. The molecule has 7 aliphatic rings. The summed E-state index contributed by atoms with van der Waals surface area (Å²) >= 11 is 0. The van der Waals surface area contributed by atoms with Gasteiger partial charge < -0.3 is 29.2 Å². The number of cyclic esters (lactones) is 1. The van der Waals surface area contributed by atoms with Gasteiger partial charge in [0.1, 0.15) is 17.5 Å². The zero-order valence-corrected chi connectivity index (χ0v) is 22.3. The van der Waals surface area contributed by atoms with Gasteiger partial charge in [-0.15, -0.1) is 0 Å². The van der Waals surface area contributed by atoms with E-state index in [0.717, 1.165) is 6.42 Å². The van der Waals surface area contributed by atoms with Crippen LogP contribution in [0.15, 0.2) is 23.5 Å². The van der Waals surface area contributed by atoms with E-state index < -0.39 is 34.6 Å². The monoisotopic (exact) mass is 528 g/mol. The first-order valence-electron chi connectivity index (χ1n) is 13.9. The van der Waals surface area contributed by atoms with Crippen molar-refractivity contribution in [3.8, 4) is 0 Å². The standard InChI is InChI=1S/C29H36O9/c1-14(9-16-10-15(2)24(33)35-16)21-22-25(21,3)7-8-27-12-28-18(6-5-17(27)23(32)29(22,34)38-27)26(4,13-30)36-19(28)11-20(31)37-28/h9-10,14,17-19,21-22,30,34H,5-8,11-13H2,1-4H3/b16-9-/t14-,17-,18+,19-,21-,22+,25-,26+,27+,28-,29+/m0/s1. The van der Waals surface area contributed by atoms with Crippen molar-refractivity contribution in [2.45, 2.75) is 94.9 Å². The Labute approximate surface area is 221 Å². The van der Waals surface area contributed by atoms with Gasteiger partial charge in [-0.2, -0.15) is 0 Å². The van der Waals surface area contributed by atoms with Crippen LogP contribution in [-0.2, 0) is 33.3 Å². The normalized spacial score (nSPS) is 54.3. The minimum absolute atomic E-state index is 0.0212. The maximum Gasteiger partial charge on any atom is 0.339 e. The summed E-state index contributed by atoms with van der Waals surface area (Å²) in [6.45, 7) is 7.50. The number of allylic oxidation sites excluding steroid dienone is 2. The highest BCUT2D eigenvalue weighted by Gasteiger charge is 2.82. The van der Waals surface area contributed by atoms with E-state index in [1.54, 1.807) is 13.0 Å². The molecule has 9 nitrogen and oxygen atoms in total. The van der Waals surface area contributed by atoms with Crippen molar-refractivity contribution in [2.24, 2.45) is 35.0 Å². The highest BCUT2D eigenvalue weighted by molar-refractivity contribution is 5.93. The van der Waals surface area contributed by atoms with E-state index in [0.29, 0.717) is 30.6 Å². The van der Waals surface area contributed by atoms with Gasteiger partial charge in [0.25, 0.3) is 0 Å². The minimum Gasteiger partial charge on any atom is -0.456 e. The van der Waals surface area contributed by atoms with Gasteiger partial charge in [-0.1, -0.05) is 13.8 Å². The molecule has 11 atom stereocenters. The number of ether oxygens (including phenoxy) is 4. The molecule has 206 valence electrons. The molecule has 6 fully saturated rings. The average molecular weight is 529 g/mol. The molecular formula is C29H36O9. The van der Waals surface area contributed by atoms with Crippen molar-refractivity contribution >= 4 is 17.7 Å². The van der Waals surface area contributed by atoms with E-state index in [-0.39, 0.29) is 66.3 Å². The molecule has 5 heterocycles. The number of rotatable bonds is 3. The molecule has 0 amide bonds. The first-order chi connectivity index (χ1) is 17.8. The van der Waals surface area contributed by atoms with Gasteiger partial charge in [-0.25, -0.2) is 4.79 Å². The minimum atomic E-state index is -1.92. The molecule has 0 unspecified atom stereocenters.